The van der Waals surface area contributed by atoms with Crippen LogP contribution in [-0.2, 0) is 4.79 Å². The van der Waals surface area contributed by atoms with E-state index in [9.17, 15) is 9.18 Å². The predicted molar refractivity (Wildman–Crippen MR) is 130 cm³/mol. The van der Waals surface area contributed by atoms with E-state index in [-0.39, 0.29) is 35.7 Å². The minimum absolute atomic E-state index is 0. The summed E-state index contributed by atoms with van der Waals surface area (Å²) < 4.78 is 13.1. The molecule has 7 nitrogen and oxygen atoms in total. The molecule has 1 aromatic carbocycles. The Morgan fingerprint density at radius 1 is 1.00 bits per heavy atom. The Morgan fingerprint density at radius 2 is 1.60 bits per heavy atom. The zero-order valence-corrected chi connectivity index (χ0v) is 20.3. The fourth-order valence-corrected chi connectivity index (χ4v) is 3.84. The number of hydrogen-bond acceptors (Lipinski definition) is 4. The van der Waals surface area contributed by atoms with Crippen LogP contribution in [-0.4, -0.2) is 98.6 Å². The second-order valence-electron chi connectivity index (χ2n) is 7.53. The van der Waals surface area contributed by atoms with Gasteiger partial charge in [-0.25, -0.2) is 4.39 Å². The third-order valence-corrected chi connectivity index (χ3v) is 5.60. The fraction of sp³-hybridized carbons (Fsp3) is 0.619. The van der Waals surface area contributed by atoms with E-state index >= 15 is 0 Å². The summed E-state index contributed by atoms with van der Waals surface area (Å²) in [6.45, 7) is 13.3. The topological polar surface area (TPSA) is 54.4 Å². The smallest absolute Gasteiger partial charge is 0.219 e. The molecule has 2 fully saturated rings. The molecular weight excluding hydrogens is 498 g/mol. The third kappa shape index (κ3) is 6.97. The van der Waals surface area contributed by atoms with Crippen LogP contribution in [0, 0.1) is 5.82 Å². The summed E-state index contributed by atoms with van der Waals surface area (Å²) in [5, 5.41) is 3.38. The standard InChI is InChI=1S/C21H33FN6O.HI/c1-3-23-21(28-16-14-26(15-17-28)18(2)29)24-8-9-25-10-12-27(13-11-25)20-6-4-19(22)5-7-20;/h4-7H,3,8-17H2,1-2H3,(H,23,24);1H. The first kappa shape index (κ1) is 24.6. The summed E-state index contributed by atoms with van der Waals surface area (Å²) in [5.41, 5.74) is 1.09. The van der Waals surface area contributed by atoms with Gasteiger partial charge < -0.3 is 20.0 Å². The summed E-state index contributed by atoms with van der Waals surface area (Å²) in [6.07, 6.45) is 0. The van der Waals surface area contributed by atoms with E-state index in [0.717, 1.165) is 83.6 Å². The minimum Gasteiger partial charge on any atom is -0.369 e. The Labute approximate surface area is 196 Å². The second-order valence-corrected chi connectivity index (χ2v) is 7.53. The van der Waals surface area contributed by atoms with Crippen molar-refractivity contribution in [1.29, 1.82) is 0 Å². The van der Waals surface area contributed by atoms with Gasteiger partial charge in [-0.2, -0.15) is 0 Å². The first-order chi connectivity index (χ1) is 14.1. The number of nitrogens with one attached hydrogen (secondary N) is 1. The van der Waals surface area contributed by atoms with Gasteiger partial charge in [-0.3, -0.25) is 14.7 Å². The summed E-state index contributed by atoms with van der Waals surface area (Å²) in [4.78, 5) is 25.2. The zero-order valence-electron chi connectivity index (χ0n) is 18.0. The van der Waals surface area contributed by atoms with E-state index < -0.39 is 0 Å². The number of amides is 1. The first-order valence-corrected chi connectivity index (χ1v) is 10.6. The molecule has 9 heteroatoms. The maximum atomic E-state index is 13.1. The van der Waals surface area contributed by atoms with E-state index in [1.165, 1.54) is 12.1 Å². The van der Waals surface area contributed by atoms with E-state index in [1.807, 2.05) is 17.0 Å². The number of rotatable bonds is 5. The third-order valence-electron chi connectivity index (χ3n) is 5.60. The van der Waals surface area contributed by atoms with Crippen LogP contribution in [0.1, 0.15) is 13.8 Å². The molecule has 3 rings (SSSR count). The van der Waals surface area contributed by atoms with E-state index in [2.05, 4.69) is 26.9 Å². The summed E-state index contributed by atoms with van der Waals surface area (Å²) in [6, 6.07) is 6.75. The van der Waals surface area contributed by atoms with Crippen molar-refractivity contribution in [1.82, 2.24) is 20.0 Å². The van der Waals surface area contributed by atoms with Crippen LogP contribution in [0.25, 0.3) is 0 Å². The molecule has 2 aliphatic rings. The molecule has 1 N–H and O–H groups in total. The number of carbonyl (C=O) groups is 1. The molecule has 0 unspecified atom stereocenters. The lowest BCUT2D eigenvalue weighted by Crippen LogP contribution is -2.53. The van der Waals surface area contributed by atoms with Gasteiger partial charge in [-0.1, -0.05) is 0 Å². The minimum atomic E-state index is -0.190. The summed E-state index contributed by atoms with van der Waals surface area (Å²) in [5.74, 6) is 0.900. The number of guanidine groups is 1. The Kier molecular flexibility index (Phi) is 10.1. The molecule has 0 aromatic heterocycles. The van der Waals surface area contributed by atoms with Gasteiger partial charge in [-0.05, 0) is 31.2 Å². The number of hydrogen-bond donors (Lipinski definition) is 1. The number of benzene rings is 1. The molecule has 30 heavy (non-hydrogen) atoms. The highest BCUT2D eigenvalue weighted by Crippen LogP contribution is 2.16. The molecule has 1 aromatic rings. The summed E-state index contributed by atoms with van der Waals surface area (Å²) >= 11 is 0. The lowest BCUT2D eigenvalue weighted by molar-refractivity contribution is -0.130. The van der Waals surface area contributed by atoms with Crippen LogP contribution in [0.15, 0.2) is 29.3 Å². The molecular formula is C21H34FIN6O. The maximum absolute atomic E-state index is 13.1. The number of nitrogens with zero attached hydrogens (tertiary/aromatic N) is 5. The van der Waals surface area contributed by atoms with Gasteiger partial charge in [0.2, 0.25) is 5.91 Å². The summed E-state index contributed by atoms with van der Waals surface area (Å²) in [7, 11) is 0. The molecule has 2 saturated heterocycles. The van der Waals surface area contributed by atoms with Gasteiger partial charge in [-0.15, -0.1) is 24.0 Å². The van der Waals surface area contributed by atoms with E-state index in [1.54, 1.807) is 6.92 Å². The maximum Gasteiger partial charge on any atom is 0.219 e. The number of carbonyl (C=O) groups excluding carboxylic acids is 1. The van der Waals surface area contributed by atoms with Crippen LogP contribution >= 0.6 is 24.0 Å². The van der Waals surface area contributed by atoms with Gasteiger partial charge in [0.15, 0.2) is 5.96 Å². The van der Waals surface area contributed by atoms with Crippen molar-refractivity contribution in [3.05, 3.63) is 30.1 Å². The first-order valence-electron chi connectivity index (χ1n) is 10.6. The van der Waals surface area contributed by atoms with Gasteiger partial charge in [0.05, 0.1) is 6.54 Å². The van der Waals surface area contributed by atoms with E-state index in [0.29, 0.717) is 0 Å². The molecule has 0 radical (unpaired) electrons. The molecule has 0 spiro atoms. The predicted octanol–water partition coefficient (Wildman–Crippen LogP) is 1.70. The van der Waals surface area contributed by atoms with Crippen LogP contribution in [0.4, 0.5) is 10.1 Å². The van der Waals surface area contributed by atoms with E-state index in [4.69, 9.17) is 4.99 Å². The lowest BCUT2D eigenvalue weighted by atomic mass is 10.2. The second kappa shape index (κ2) is 12.3. The average Bonchev–Trinajstić information content (AvgIpc) is 2.74. The molecule has 2 aliphatic heterocycles. The van der Waals surface area contributed by atoms with Gasteiger partial charge >= 0.3 is 0 Å². The molecule has 0 saturated carbocycles. The number of anilines is 1. The highest BCUT2D eigenvalue weighted by Gasteiger charge is 2.21. The van der Waals surface area contributed by atoms with Crippen molar-refractivity contribution in [2.45, 2.75) is 13.8 Å². The molecule has 1 amide bonds. The van der Waals surface area contributed by atoms with Crippen molar-refractivity contribution < 1.29 is 9.18 Å². The van der Waals surface area contributed by atoms with Gasteiger partial charge in [0, 0.05) is 78.1 Å². The Hall–Kier alpha value is -1.62. The average molecular weight is 532 g/mol. The Morgan fingerprint density at radius 3 is 2.17 bits per heavy atom. The number of aliphatic imine (C=N–C) groups is 1. The highest BCUT2D eigenvalue weighted by atomic mass is 127. The molecule has 0 aliphatic carbocycles. The SMILES string of the molecule is CCNC(=NCCN1CCN(c2ccc(F)cc2)CC1)N1CCN(C(C)=O)CC1.I. The highest BCUT2D eigenvalue weighted by molar-refractivity contribution is 14.0. The monoisotopic (exact) mass is 532 g/mol. The van der Waals surface area contributed by atoms with Gasteiger partial charge in [0.25, 0.3) is 0 Å². The lowest BCUT2D eigenvalue weighted by Gasteiger charge is -2.37. The number of halogens is 2. The molecule has 168 valence electrons. The quantitative estimate of drug-likeness (QED) is 0.356. The molecule has 0 bridgehead atoms. The van der Waals surface area contributed by atoms with Crippen molar-refractivity contribution >= 4 is 41.5 Å². The zero-order chi connectivity index (χ0) is 20.6. The normalized spacial score (nSPS) is 18.2. The van der Waals surface area contributed by atoms with Crippen LogP contribution in [0.2, 0.25) is 0 Å². The van der Waals surface area contributed by atoms with Crippen LogP contribution in [0.3, 0.4) is 0 Å². The van der Waals surface area contributed by atoms with Gasteiger partial charge in [0.1, 0.15) is 5.82 Å². The Balaban J connectivity index is 0.00000320. The Bertz CT molecular complexity index is 685. The van der Waals surface area contributed by atoms with Crippen molar-refractivity contribution in [3.63, 3.8) is 0 Å². The van der Waals surface area contributed by atoms with Crippen molar-refractivity contribution in [3.8, 4) is 0 Å². The molecule has 2 heterocycles. The fourth-order valence-electron chi connectivity index (χ4n) is 3.84. The molecule has 0 atom stereocenters. The van der Waals surface area contributed by atoms with Crippen molar-refractivity contribution in [2.24, 2.45) is 4.99 Å². The largest absolute Gasteiger partial charge is 0.369 e. The van der Waals surface area contributed by atoms with Crippen LogP contribution in [0.5, 0.6) is 0 Å². The van der Waals surface area contributed by atoms with Crippen molar-refractivity contribution in [2.75, 3.05) is 76.9 Å². The number of piperazine rings is 2. The van der Waals surface area contributed by atoms with Crippen LogP contribution < -0.4 is 10.2 Å².